The summed E-state index contributed by atoms with van der Waals surface area (Å²) in [5.74, 6) is 0.950. The van der Waals surface area contributed by atoms with Crippen molar-refractivity contribution in [3.63, 3.8) is 0 Å². The number of piperidine rings is 1. The van der Waals surface area contributed by atoms with Crippen LogP contribution in [0.1, 0.15) is 70.6 Å². The summed E-state index contributed by atoms with van der Waals surface area (Å²) in [6, 6.07) is 10.2. The first-order chi connectivity index (χ1) is 15.1. The summed E-state index contributed by atoms with van der Waals surface area (Å²) in [4.78, 5) is 40.1. The van der Waals surface area contributed by atoms with Gasteiger partial charge in [-0.3, -0.25) is 14.4 Å². The molecule has 2 aromatic rings. The Morgan fingerprint density at radius 3 is 2.28 bits per heavy atom. The van der Waals surface area contributed by atoms with Crippen molar-refractivity contribution in [3.8, 4) is 11.5 Å². The summed E-state index contributed by atoms with van der Waals surface area (Å²) in [6.07, 6.45) is 1.69. The Morgan fingerprint density at radius 2 is 1.53 bits per heavy atom. The van der Waals surface area contributed by atoms with E-state index in [0.717, 1.165) is 0 Å². The lowest BCUT2D eigenvalue weighted by Gasteiger charge is -2.44. The van der Waals surface area contributed by atoms with E-state index in [1.807, 2.05) is 13.8 Å². The van der Waals surface area contributed by atoms with Crippen molar-refractivity contribution >= 4 is 29.1 Å². The topological polar surface area (TPSA) is 72.9 Å². The number of benzene rings is 2. The van der Waals surface area contributed by atoms with Gasteiger partial charge in [-0.05, 0) is 50.2 Å². The molecule has 6 nitrogen and oxygen atoms in total. The third-order valence-corrected chi connectivity index (χ3v) is 6.75. The molecule has 0 N–H and O–H groups in total. The van der Waals surface area contributed by atoms with Crippen LogP contribution in [0.25, 0.3) is 0 Å². The number of nitrogens with zero attached hydrogens (tertiary/aromatic N) is 1. The van der Waals surface area contributed by atoms with E-state index in [1.54, 1.807) is 41.3 Å². The summed E-state index contributed by atoms with van der Waals surface area (Å²) >= 11 is 6.02. The molecule has 1 fully saturated rings. The minimum Gasteiger partial charge on any atom is -0.487 e. The van der Waals surface area contributed by atoms with E-state index in [4.69, 9.17) is 21.1 Å². The molecule has 0 aromatic heterocycles. The molecule has 0 radical (unpaired) electrons. The number of likely N-dealkylation sites (tertiary alicyclic amines) is 1. The van der Waals surface area contributed by atoms with Crippen LogP contribution in [-0.2, 0) is 0 Å². The van der Waals surface area contributed by atoms with Gasteiger partial charge in [0.15, 0.2) is 11.6 Å². The van der Waals surface area contributed by atoms with Crippen LogP contribution in [0.4, 0.5) is 0 Å². The third kappa shape index (κ3) is 3.66. The maximum absolute atomic E-state index is 13.1. The maximum atomic E-state index is 13.1. The smallest absolute Gasteiger partial charge is 0.253 e. The number of carbonyl (C=O) groups is 3. The molecular weight excluding hydrogens is 430 g/mol. The molecule has 1 amide bonds. The number of Topliss-reactive ketones (excluding diaryl/α,β-unsaturated/α-hetero) is 2. The molecule has 2 aromatic carbocycles. The molecule has 7 heteroatoms. The summed E-state index contributed by atoms with van der Waals surface area (Å²) in [7, 11) is 0. The SMILES string of the molecule is CC1(C)CC(=O)c2cc(C(=O)N3CCC4(CC3)CC(=O)c3cc(Cl)ccc3O4)ccc2O1. The Kier molecular flexibility index (Phi) is 4.82. The van der Waals surface area contributed by atoms with Gasteiger partial charge in [0, 0.05) is 36.5 Å². The second-order valence-corrected chi connectivity index (χ2v) is 9.93. The number of ketones is 2. The molecule has 166 valence electrons. The fourth-order valence-corrected chi connectivity index (χ4v) is 5.00. The molecule has 1 saturated heterocycles. The number of fused-ring (bicyclic) bond motifs is 2. The standard InChI is InChI=1S/C25H24ClNO5/c1-24(2)13-19(28)17-11-15(3-5-21(17)31-24)23(30)27-9-7-25(8-10-27)14-20(29)18-12-16(26)4-6-22(18)32-25/h3-6,11-12H,7-10,13-14H2,1-2H3. The van der Waals surface area contributed by atoms with Gasteiger partial charge in [-0.2, -0.15) is 0 Å². The highest BCUT2D eigenvalue weighted by atomic mass is 35.5. The number of ether oxygens (including phenoxy) is 2. The highest BCUT2D eigenvalue weighted by Gasteiger charge is 2.44. The van der Waals surface area contributed by atoms with Crippen LogP contribution >= 0.6 is 11.6 Å². The van der Waals surface area contributed by atoms with E-state index in [2.05, 4.69) is 0 Å². The van der Waals surface area contributed by atoms with E-state index < -0.39 is 11.2 Å². The molecule has 0 atom stereocenters. The molecule has 5 rings (SSSR count). The van der Waals surface area contributed by atoms with Gasteiger partial charge in [0.05, 0.1) is 24.0 Å². The van der Waals surface area contributed by atoms with E-state index in [0.29, 0.717) is 59.1 Å². The Labute approximate surface area is 191 Å². The largest absolute Gasteiger partial charge is 0.487 e. The number of amides is 1. The van der Waals surface area contributed by atoms with Crippen molar-refractivity contribution in [2.75, 3.05) is 13.1 Å². The zero-order valence-electron chi connectivity index (χ0n) is 18.1. The second-order valence-electron chi connectivity index (χ2n) is 9.49. The van der Waals surface area contributed by atoms with E-state index in [-0.39, 0.29) is 30.3 Å². The molecule has 0 bridgehead atoms. The Balaban J connectivity index is 1.31. The van der Waals surface area contributed by atoms with Crippen molar-refractivity contribution in [2.45, 2.75) is 50.7 Å². The van der Waals surface area contributed by atoms with Gasteiger partial charge in [0.25, 0.3) is 5.91 Å². The number of halogens is 1. The van der Waals surface area contributed by atoms with E-state index in [1.165, 1.54) is 0 Å². The molecule has 3 heterocycles. The number of rotatable bonds is 1. The highest BCUT2D eigenvalue weighted by Crippen LogP contribution is 2.40. The lowest BCUT2D eigenvalue weighted by Crippen LogP contribution is -2.52. The van der Waals surface area contributed by atoms with Crippen LogP contribution in [0.3, 0.4) is 0 Å². The van der Waals surface area contributed by atoms with Crippen LogP contribution in [0.2, 0.25) is 5.02 Å². The average Bonchev–Trinajstić information content (AvgIpc) is 2.73. The summed E-state index contributed by atoms with van der Waals surface area (Å²) in [5.41, 5.74) is 0.306. The van der Waals surface area contributed by atoms with Crippen LogP contribution < -0.4 is 9.47 Å². The van der Waals surface area contributed by atoms with Gasteiger partial charge >= 0.3 is 0 Å². The van der Waals surface area contributed by atoms with Gasteiger partial charge in [0.1, 0.15) is 22.7 Å². The van der Waals surface area contributed by atoms with Crippen LogP contribution in [-0.4, -0.2) is 46.7 Å². The number of hydrogen-bond acceptors (Lipinski definition) is 5. The van der Waals surface area contributed by atoms with Crippen LogP contribution in [0.15, 0.2) is 36.4 Å². The number of hydrogen-bond donors (Lipinski definition) is 0. The fraction of sp³-hybridized carbons (Fsp3) is 0.400. The van der Waals surface area contributed by atoms with Crippen molar-refractivity contribution in [2.24, 2.45) is 0 Å². The molecule has 32 heavy (non-hydrogen) atoms. The van der Waals surface area contributed by atoms with Gasteiger partial charge in [-0.1, -0.05) is 11.6 Å². The molecule has 3 aliphatic heterocycles. The molecule has 1 spiro atoms. The normalized spacial score (nSPS) is 20.8. The monoisotopic (exact) mass is 453 g/mol. The molecule has 0 unspecified atom stereocenters. The van der Waals surface area contributed by atoms with Crippen molar-refractivity contribution in [1.29, 1.82) is 0 Å². The Bertz CT molecular complexity index is 1150. The first-order valence-corrected chi connectivity index (χ1v) is 11.2. The van der Waals surface area contributed by atoms with Gasteiger partial charge in [-0.25, -0.2) is 0 Å². The quantitative estimate of drug-likeness (QED) is 0.624. The predicted molar refractivity (Wildman–Crippen MR) is 119 cm³/mol. The molecule has 0 saturated carbocycles. The lowest BCUT2D eigenvalue weighted by atomic mass is 9.82. The lowest BCUT2D eigenvalue weighted by molar-refractivity contribution is -0.00570. The van der Waals surface area contributed by atoms with Gasteiger partial charge in [0.2, 0.25) is 0 Å². The second kappa shape index (κ2) is 7.34. The maximum Gasteiger partial charge on any atom is 0.253 e. The summed E-state index contributed by atoms with van der Waals surface area (Å²) < 4.78 is 12.1. The third-order valence-electron chi connectivity index (χ3n) is 6.51. The number of carbonyl (C=O) groups excluding carboxylic acids is 3. The molecular formula is C25H24ClNO5. The molecule has 0 aliphatic carbocycles. The zero-order chi connectivity index (χ0) is 22.7. The first kappa shape index (κ1) is 21.0. The Morgan fingerprint density at radius 1 is 0.906 bits per heavy atom. The Hall–Kier alpha value is -2.86. The molecule has 3 aliphatic rings. The minimum absolute atomic E-state index is 0.0172. The van der Waals surface area contributed by atoms with Gasteiger partial charge in [-0.15, -0.1) is 0 Å². The van der Waals surface area contributed by atoms with Crippen molar-refractivity contribution in [1.82, 2.24) is 4.90 Å². The van der Waals surface area contributed by atoms with E-state index in [9.17, 15) is 14.4 Å². The van der Waals surface area contributed by atoms with Crippen molar-refractivity contribution < 1.29 is 23.9 Å². The fourth-order valence-electron chi connectivity index (χ4n) is 4.83. The van der Waals surface area contributed by atoms with Gasteiger partial charge < -0.3 is 14.4 Å². The summed E-state index contributed by atoms with van der Waals surface area (Å²) in [6.45, 7) is 4.70. The average molecular weight is 454 g/mol. The predicted octanol–water partition coefficient (Wildman–Crippen LogP) is 4.72. The van der Waals surface area contributed by atoms with Crippen LogP contribution in [0.5, 0.6) is 11.5 Å². The van der Waals surface area contributed by atoms with Crippen molar-refractivity contribution in [3.05, 3.63) is 58.1 Å². The summed E-state index contributed by atoms with van der Waals surface area (Å²) in [5, 5.41) is 0.509. The van der Waals surface area contributed by atoms with Crippen LogP contribution in [0, 0.1) is 0 Å². The van der Waals surface area contributed by atoms with E-state index >= 15 is 0 Å². The first-order valence-electron chi connectivity index (χ1n) is 10.8. The minimum atomic E-state index is -0.597. The highest BCUT2D eigenvalue weighted by molar-refractivity contribution is 6.31. The zero-order valence-corrected chi connectivity index (χ0v) is 18.8.